The van der Waals surface area contributed by atoms with Crippen LogP contribution in [-0.4, -0.2) is 40.7 Å². The van der Waals surface area contributed by atoms with Gasteiger partial charge in [-0.15, -0.1) is 0 Å². The average molecular weight is 323 g/mol. The Balaban J connectivity index is 1.62. The van der Waals surface area contributed by atoms with E-state index in [-0.39, 0.29) is 0 Å². The third-order valence-corrected chi connectivity index (χ3v) is 5.28. The fourth-order valence-electron chi connectivity index (χ4n) is 3.76. The molecule has 0 amide bonds. The number of fused-ring (bicyclic) bond motifs is 2. The summed E-state index contributed by atoms with van der Waals surface area (Å²) in [5.74, 6) is 1.57. The molecule has 6 nitrogen and oxygen atoms in total. The molecule has 4 heterocycles. The van der Waals surface area contributed by atoms with Crippen molar-refractivity contribution in [2.24, 2.45) is 0 Å². The Morgan fingerprint density at radius 3 is 3.08 bits per heavy atom. The van der Waals surface area contributed by atoms with Crippen molar-refractivity contribution >= 4 is 11.6 Å². The molecule has 2 aromatic heterocycles. The van der Waals surface area contributed by atoms with Gasteiger partial charge in [0.25, 0.3) is 0 Å². The van der Waals surface area contributed by atoms with E-state index in [0.29, 0.717) is 18.5 Å². The minimum absolute atomic E-state index is 0.536. The standard InChI is InChI=1S/C18H21N5O/c1-11-5-7-23(11)18-21-14-4-2-3-13(14)16(22-18)12-9-15-17(20-10-12)24-8-6-19-15/h9-11,19H,2-8H2,1H3/t11-/m0/s1. The number of nitrogens with one attached hydrogen (secondary N) is 1. The maximum absolute atomic E-state index is 5.59. The van der Waals surface area contributed by atoms with Gasteiger partial charge < -0.3 is 15.0 Å². The van der Waals surface area contributed by atoms with Gasteiger partial charge in [0.15, 0.2) is 0 Å². The number of rotatable bonds is 2. The summed E-state index contributed by atoms with van der Waals surface area (Å²) in [6.45, 7) is 4.77. The van der Waals surface area contributed by atoms with Gasteiger partial charge in [0.05, 0.1) is 11.4 Å². The van der Waals surface area contributed by atoms with Gasteiger partial charge in [0.1, 0.15) is 6.61 Å². The molecule has 0 saturated carbocycles. The molecule has 0 unspecified atom stereocenters. The second kappa shape index (κ2) is 5.33. The Hall–Kier alpha value is -2.37. The minimum atomic E-state index is 0.536. The van der Waals surface area contributed by atoms with E-state index in [9.17, 15) is 0 Å². The zero-order valence-corrected chi connectivity index (χ0v) is 13.9. The Morgan fingerprint density at radius 1 is 1.29 bits per heavy atom. The van der Waals surface area contributed by atoms with Crippen molar-refractivity contribution in [2.75, 3.05) is 29.9 Å². The maximum atomic E-state index is 5.59. The highest BCUT2D eigenvalue weighted by Gasteiger charge is 2.29. The van der Waals surface area contributed by atoms with Gasteiger partial charge in [0, 0.05) is 42.1 Å². The van der Waals surface area contributed by atoms with Gasteiger partial charge in [-0.3, -0.25) is 0 Å². The molecule has 1 N–H and O–H groups in total. The van der Waals surface area contributed by atoms with E-state index >= 15 is 0 Å². The quantitative estimate of drug-likeness (QED) is 0.916. The summed E-state index contributed by atoms with van der Waals surface area (Å²) in [5.41, 5.74) is 5.58. The fraction of sp³-hybridized carbons (Fsp3) is 0.500. The molecule has 0 radical (unpaired) electrons. The van der Waals surface area contributed by atoms with Gasteiger partial charge in [-0.05, 0) is 38.7 Å². The number of nitrogens with zero attached hydrogens (tertiary/aromatic N) is 4. The molecule has 2 aliphatic heterocycles. The second-order valence-electron chi connectivity index (χ2n) is 6.83. The number of pyridine rings is 1. The smallest absolute Gasteiger partial charge is 0.237 e. The third-order valence-electron chi connectivity index (χ3n) is 5.28. The highest BCUT2D eigenvalue weighted by atomic mass is 16.5. The van der Waals surface area contributed by atoms with Crippen LogP contribution >= 0.6 is 0 Å². The summed E-state index contributed by atoms with van der Waals surface area (Å²) >= 11 is 0. The molecule has 1 fully saturated rings. The summed E-state index contributed by atoms with van der Waals surface area (Å²) in [6.07, 6.45) is 6.38. The van der Waals surface area contributed by atoms with Crippen LogP contribution in [0.3, 0.4) is 0 Å². The zero-order chi connectivity index (χ0) is 16.1. The summed E-state index contributed by atoms with van der Waals surface area (Å²) in [6, 6.07) is 2.65. The molecule has 124 valence electrons. The number of anilines is 2. The molecule has 0 bridgehead atoms. The highest BCUT2D eigenvalue weighted by molar-refractivity contribution is 5.71. The molecular formula is C18H21N5O. The first-order valence-corrected chi connectivity index (χ1v) is 8.83. The van der Waals surface area contributed by atoms with Gasteiger partial charge in [-0.2, -0.15) is 0 Å². The van der Waals surface area contributed by atoms with Crippen LogP contribution in [0.15, 0.2) is 12.3 Å². The summed E-state index contributed by atoms with van der Waals surface area (Å²) in [7, 11) is 0. The molecule has 6 heteroatoms. The van der Waals surface area contributed by atoms with Crippen LogP contribution in [0, 0.1) is 0 Å². The van der Waals surface area contributed by atoms with E-state index < -0.39 is 0 Å². The molecule has 24 heavy (non-hydrogen) atoms. The van der Waals surface area contributed by atoms with Crippen LogP contribution in [0.25, 0.3) is 11.3 Å². The van der Waals surface area contributed by atoms with E-state index in [1.165, 1.54) is 17.7 Å². The van der Waals surface area contributed by atoms with Crippen molar-refractivity contribution in [2.45, 2.75) is 38.6 Å². The van der Waals surface area contributed by atoms with Crippen molar-refractivity contribution in [1.82, 2.24) is 15.0 Å². The second-order valence-corrected chi connectivity index (χ2v) is 6.83. The normalized spacial score (nSPS) is 21.4. The SMILES string of the molecule is C[C@H]1CCN1c1nc2c(c(-c3cnc4c(c3)NCCO4)n1)CCC2. The molecule has 5 rings (SSSR count). The van der Waals surface area contributed by atoms with E-state index in [1.807, 2.05) is 6.20 Å². The van der Waals surface area contributed by atoms with Crippen molar-refractivity contribution in [3.05, 3.63) is 23.5 Å². The molecule has 2 aromatic rings. The molecule has 0 aromatic carbocycles. The van der Waals surface area contributed by atoms with Crippen LogP contribution in [0.5, 0.6) is 5.88 Å². The minimum Gasteiger partial charge on any atom is -0.474 e. The van der Waals surface area contributed by atoms with Crippen LogP contribution in [0.2, 0.25) is 0 Å². The van der Waals surface area contributed by atoms with E-state index in [2.05, 4.69) is 28.2 Å². The number of hydrogen-bond acceptors (Lipinski definition) is 6. The lowest BCUT2D eigenvalue weighted by Crippen LogP contribution is -2.46. The zero-order valence-electron chi connectivity index (χ0n) is 13.9. The van der Waals surface area contributed by atoms with Crippen LogP contribution in [-0.2, 0) is 12.8 Å². The Bertz CT molecular complexity index is 806. The number of aromatic nitrogens is 3. The van der Waals surface area contributed by atoms with Crippen molar-refractivity contribution in [3.63, 3.8) is 0 Å². The van der Waals surface area contributed by atoms with Crippen LogP contribution < -0.4 is 15.0 Å². The Labute approximate surface area is 141 Å². The van der Waals surface area contributed by atoms with Gasteiger partial charge in [-0.1, -0.05) is 0 Å². The molecule has 1 atom stereocenters. The number of hydrogen-bond donors (Lipinski definition) is 1. The number of ether oxygens (including phenoxy) is 1. The summed E-state index contributed by atoms with van der Waals surface area (Å²) in [5, 5.41) is 3.37. The largest absolute Gasteiger partial charge is 0.474 e. The lowest BCUT2D eigenvalue weighted by atomic mass is 10.0. The lowest BCUT2D eigenvalue weighted by molar-refractivity contribution is 0.310. The highest BCUT2D eigenvalue weighted by Crippen LogP contribution is 2.36. The van der Waals surface area contributed by atoms with Gasteiger partial charge in [-0.25, -0.2) is 15.0 Å². The van der Waals surface area contributed by atoms with E-state index in [4.69, 9.17) is 14.7 Å². The lowest BCUT2D eigenvalue weighted by Gasteiger charge is -2.39. The molecular weight excluding hydrogens is 302 g/mol. The average Bonchev–Trinajstić information content (AvgIpc) is 3.08. The number of aryl methyl sites for hydroxylation is 1. The third kappa shape index (κ3) is 2.12. The predicted octanol–water partition coefficient (Wildman–Crippen LogP) is 2.43. The van der Waals surface area contributed by atoms with Gasteiger partial charge in [0.2, 0.25) is 11.8 Å². The molecule has 1 saturated heterocycles. The van der Waals surface area contributed by atoms with E-state index in [0.717, 1.165) is 55.2 Å². The van der Waals surface area contributed by atoms with Crippen molar-refractivity contribution < 1.29 is 4.74 Å². The Morgan fingerprint density at radius 2 is 2.25 bits per heavy atom. The maximum Gasteiger partial charge on any atom is 0.237 e. The summed E-state index contributed by atoms with van der Waals surface area (Å²) in [4.78, 5) is 16.6. The van der Waals surface area contributed by atoms with Crippen molar-refractivity contribution in [3.8, 4) is 17.1 Å². The van der Waals surface area contributed by atoms with Crippen LogP contribution in [0.1, 0.15) is 31.0 Å². The predicted molar refractivity (Wildman–Crippen MR) is 92.7 cm³/mol. The first-order chi connectivity index (χ1) is 11.8. The monoisotopic (exact) mass is 323 g/mol. The van der Waals surface area contributed by atoms with Crippen molar-refractivity contribution in [1.29, 1.82) is 0 Å². The molecule has 3 aliphatic rings. The molecule has 0 spiro atoms. The molecule has 1 aliphatic carbocycles. The topological polar surface area (TPSA) is 63.2 Å². The van der Waals surface area contributed by atoms with E-state index in [1.54, 1.807) is 0 Å². The first-order valence-electron chi connectivity index (χ1n) is 8.83. The first kappa shape index (κ1) is 14.0. The fourth-order valence-corrected chi connectivity index (χ4v) is 3.76. The van der Waals surface area contributed by atoms with Gasteiger partial charge >= 0.3 is 0 Å². The Kier molecular flexibility index (Phi) is 3.11. The summed E-state index contributed by atoms with van der Waals surface area (Å²) < 4.78 is 5.59. The van der Waals surface area contributed by atoms with Crippen LogP contribution in [0.4, 0.5) is 11.6 Å².